The van der Waals surface area contributed by atoms with Crippen LogP contribution in [0.1, 0.15) is 46.5 Å². The van der Waals surface area contributed by atoms with E-state index in [0.717, 1.165) is 18.8 Å². The van der Waals surface area contributed by atoms with Crippen LogP contribution in [0.3, 0.4) is 0 Å². The number of carboxylic acids is 1. The lowest BCUT2D eigenvalue weighted by molar-refractivity contribution is -0.138. The van der Waals surface area contributed by atoms with Crippen LogP contribution in [-0.2, 0) is 4.79 Å². The largest absolute Gasteiger partial charge is 0.481 e. The van der Waals surface area contributed by atoms with Crippen molar-refractivity contribution < 1.29 is 9.90 Å². The Morgan fingerprint density at radius 1 is 1.25 bits per heavy atom. The first kappa shape index (κ1) is 11.5. The van der Waals surface area contributed by atoms with Gasteiger partial charge in [0.05, 0.1) is 0 Å². The predicted octanol–water partition coefficient (Wildman–Crippen LogP) is 2.92. The zero-order valence-electron chi connectivity index (χ0n) is 8.34. The van der Waals surface area contributed by atoms with Crippen LogP contribution in [0.25, 0.3) is 0 Å². The second-order valence-electron chi connectivity index (χ2n) is 4.03. The average molecular weight is 172 g/mol. The summed E-state index contributed by atoms with van der Waals surface area (Å²) in [6.07, 6.45) is 3.73. The Morgan fingerprint density at radius 3 is 2.25 bits per heavy atom. The third-order valence-electron chi connectivity index (χ3n) is 2.00. The van der Waals surface area contributed by atoms with Crippen molar-refractivity contribution in [3.63, 3.8) is 0 Å². The van der Waals surface area contributed by atoms with E-state index in [9.17, 15) is 4.79 Å². The minimum Gasteiger partial charge on any atom is -0.481 e. The van der Waals surface area contributed by atoms with Gasteiger partial charge in [-0.3, -0.25) is 4.79 Å². The summed E-state index contributed by atoms with van der Waals surface area (Å²) in [5.74, 6) is 0.398. The molecular formula is C10H20O2. The predicted molar refractivity (Wildman–Crippen MR) is 50.1 cm³/mol. The Labute approximate surface area is 75.0 Å². The third-order valence-corrected chi connectivity index (χ3v) is 2.00. The van der Waals surface area contributed by atoms with Crippen molar-refractivity contribution in [3.8, 4) is 0 Å². The Hall–Kier alpha value is -0.530. The molecule has 0 heterocycles. The molecule has 0 unspecified atom stereocenters. The van der Waals surface area contributed by atoms with Crippen molar-refractivity contribution in [3.05, 3.63) is 0 Å². The number of carboxylic acid groups (broad SMARTS) is 1. The standard InChI is InChI=1S/C10H20O2/c1-8(2)5-4-6-9(3)7-10(11)12/h8-9H,4-7H2,1-3H3,(H,11,12)/t9-/m1/s1. The molecule has 0 spiro atoms. The van der Waals surface area contributed by atoms with E-state index in [1.165, 1.54) is 6.42 Å². The molecule has 0 aromatic heterocycles. The molecule has 0 aromatic carbocycles. The van der Waals surface area contributed by atoms with Gasteiger partial charge in [-0.15, -0.1) is 0 Å². The molecular weight excluding hydrogens is 152 g/mol. The fourth-order valence-corrected chi connectivity index (χ4v) is 1.27. The number of hydrogen-bond donors (Lipinski definition) is 1. The Balaban J connectivity index is 3.31. The molecule has 0 rings (SSSR count). The maximum absolute atomic E-state index is 10.3. The Kier molecular flexibility index (Phi) is 5.77. The normalized spacial score (nSPS) is 13.3. The van der Waals surface area contributed by atoms with Crippen LogP contribution < -0.4 is 0 Å². The van der Waals surface area contributed by atoms with Gasteiger partial charge in [0, 0.05) is 6.42 Å². The molecule has 0 radical (unpaired) electrons. The summed E-state index contributed by atoms with van der Waals surface area (Å²) in [6.45, 7) is 6.40. The molecule has 1 N–H and O–H groups in total. The molecule has 1 atom stereocenters. The molecule has 0 aliphatic heterocycles. The molecule has 0 aliphatic rings. The van der Waals surface area contributed by atoms with Gasteiger partial charge < -0.3 is 5.11 Å². The minimum atomic E-state index is -0.674. The molecule has 0 aromatic rings. The van der Waals surface area contributed by atoms with Crippen LogP contribution in [0.2, 0.25) is 0 Å². The van der Waals surface area contributed by atoms with Crippen LogP contribution in [0.15, 0.2) is 0 Å². The number of hydrogen-bond acceptors (Lipinski definition) is 1. The van der Waals surface area contributed by atoms with E-state index in [4.69, 9.17) is 5.11 Å². The summed E-state index contributed by atoms with van der Waals surface area (Å²) in [7, 11) is 0. The van der Waals surface area contributed by atoms with E-state index < -0.39 is 5.97 Å². The lowest BCUT2D eigenvalue weighted by Crippen LogP contribution is -2.04. The lowest BCUT2D eigenvalue weighted by atomic mass is 9.97. The zero-order valence-corrected chi connectivity index (χ0v) is 8.34. The summed E-state index contributed by atoms with van der Waals surface area (Å²) in [6, 6.07) is 0. The van der Waals surface area contributed by atoms with Gasteiger partial charge >= 0.3 is 5.97 Å². The molecule has 0 aliphatic carbocycles. The summed E-state index contributed by atoms with van der Waals surface area (Å²) in [5.41, 5.74) is 0. The summed E-state index contributed by atoms with van der Waals surface area (Å²) < 4.78 is 0. The maximum Gasteiger partial charge on any atom is 0.303 e. The van der Waals surface area contributed by atoms with E-state index in [2.05, 4.69) is 13.8 Å². The van der Waals surface area contributed by atoms with Gasteiger partial charge in [-0.1, -0.05) is 40.0 Å². The maximum atomic E-state index is 10.3. The summed E-state index contributed by atoms with van der Waals surface area (Å²) in [5, 5.41) is 8.49. The molecule has 72 valence electrons. The molecule has 12 heavy (non-hydrogen) atoms. The molecule has 0 saturated heterocycles. The van der Waals surface area contributed by atoms with Gasteiger partial charge in [0.15, 0.2) is 0 Å². The van der Waals surface area contributed by atoms with E-state index in [-0.39, 0.29) is 0 Å². The van der Waals surface area contributed by atoms with Crippen molar-refractivity contribution in [2.24, 2.45) is 11.8 Å². The number of rotatable bonds is 6. The van der Waals surface area contributed by atoms with Crippen LogP contribution >= 0.6 is 0 Å². The molecule has 0 fully saturated rings. The van der Waals surface area contributed by atoms with Crippen molar-refractivity contribution in [1.29, 1.82) is 0 Å². The van der Waals surface area contributed by atoms with Gasteiger partial charge in [0.2, 0.25) is 0 Å². The first-order valence-corrected chi connectivity index (χ1v) is 4.74. The molecule has 2 heteroatoms. The van der Waals surface area contributed by atoms with Gasteiger partial charge in [0.1, 0.15) is 0 Å². The quantitative estimate of drug-likeness (QED) is 0.668. The van der Waals surface area contributed by atoms with E-state index in [1.54, 1.807) is 0 Å². The highest BCUT2D eigenvalue weighted by atomic mass is 16.4. The average Bonchev–Trinajstić information content (AvgIpc) is 1.84. The zero-order chi connectivity index (χ0) is 9.56. The topological polar surface area (TPSA) is 37.3 Å². The number of carbonyl (C=O) groups is 1. The molecule has 0 bridgehead atoms. The molecule has 0 amide bonds. The summed E-state index contributed by atoms with van der Waals surface area (Å²) in [4.78, 5) is 10.3. The van der Waals surface area contributed by atoms with Crippen LogP contribution in [-0.4, -0.2) is 11.1 Å². The summed E-state index contributed by atoms with van der Waals surface area (Å²) >= 11 is 0. The lowest BCUT2D eigenvalue weighted by Gasteiger charge is -2.09. The second kappa shape index (κ2) is 6.04. The fraction of sp³-hybridized carbons (Fsp3) is 0.900. The molecule has 0 saturated carbocycles. The minimum absolute atomic E-state index is 0.318. The Morgan fingerprint density at radius 2 is 1.83 bits per heavy atom. The van der Waals surface area contributed by atoms with Crippen molar-refractivity contribution in [1.82, 2.24) is 0 Å². The second-order valence-corrected chi connectivity index (χ2v) is 4.03. The smallest absolute Gasteiger partial charge is 0.303 e. The van der Waals surface area contributed by atoms with Gasteiger partial charge in [-0.05, 0) is 11.8 Å². The van der Waals surface area contributed by atoms with E-state index >= 15 is 0 Å². The van der Waals surface area contributed by atoms with Gasteiger partial charge in [0.25, 0.3) is 0 Å². The van der Waals surface area contributed by atoms with Gasteiger partial charge in [-0.25, -0.2) is 0 Å². The highest BCUT2D eigenvalue weighted by molar-refractivity contribution is 5.66. The van der Waals surface area contributed by atoms with E-state index in [0.29, 0.717) is 12.3 Å². The first-order chi connectivity index (χ1) is 5.52. The van der Waals surface area contributed by atoms with Crippen molar-refractivity contribution in [2.45, 2.75) is 46.5 Å². The van der Waals surface area contributed by atoms with Crippen molar-refractivity contribution in [2.75, 3.05) is 0 Å². The first-order valence-electron chi connectivity index (χ1n) is 4.74. The fourth-order valence-electron chi connectivity index (χ4n) is 1.27. The van der Waals surface area contributed by atoms with Gasteiger partial charge in [-0.2, -0.15) is 0 Å². The van der Waals surface area contributed by atoms with Crippen LogP contribution in [0.4, 0.5) is 0 Å². The highest BCUT2D eigenvalue weighted by Gasteiger charge is 2.07. The Bertz CT molecular complexity index is 130. The van der Waals surface area contributed by atoms with Crippen LogP contribution in [0, 0.1) is 11.8 Å². The monoisotopic (exact) mass is 172 g/mol. The number of aliphatic carboxylic acids is 1. The van der Waals surface area contributed by atoms with E-state index in [1.807, 2.05) is 6.92 Å². The SMILES string of the molecule is CC(C)CCC[C@@H](C)CC(=O)O. The van der Waals surface area contributed by atoms with Crippen molar-refractivity contribution >= 4 is 5.97 Å². The van der Waals surface area contributed by atoms with Crippen LogP contribution in [0.5, 0.6) is 0 Å². The third kappa shape index (κ3) is 7.58. The highest BCUT2D eigenvalue weighted by Crippen LogP contribution is 2.14. The molecule has 2 nitrogen and oxygen atoms in total.